The van der Waals surface area contributed by atoms with E-state index in [-0.39, 0.29) is 12.3 Å². The molecule has 0 heterocycles. The molecule has 0 aliphatic rings. The van der Waals surface area contributed by atoms with Gasteiger partial charge in [0.05, 0.1) is 18.1 Å². The second-order valence-corrected chi connectivity index (χ2v) is 3.63. The maximum Gasteiger partial charge on any atom is 0.307 e. The van der Waals surface area contributed by atoms with Crippen LogP contribution in [-0.4, -0.2) is 11.1 Å². The first-order valence-electron chi connectivity index (χ1n) is 4.11. The summed E-state index contributed by atoms with van der Waals surface area (Å²) < 4.78 is 0. The van der Waals surface area contributed by atoms with Gasteiger partial charge in [0.2, 0.25) is 0 Å². The summed E-state index contributed by atoms with van der Waals surface area (Å²) >= 11 is 9.87. The van der Waals surface area contributed by atoms with Gasteiger partial charge in [-0.1, -0.05) is 6.07 Å². The fourth-order valence-electron chi connectivity index (χ4n) is 1.23. The van der Waals surface area contributed by atoms with Gasteiger partial charge < -0.3 is 5.11 Å². The predicted molar refractivity (Wildman–Crippen MR) is 59.3 cm³/mol. The zero-order chi connectivity index (χ0) is 11.4. The molecular formula is C10H8ClNO2S. The van der Waals surface area contributed by atoms with Crippen LogP contribution in [0, 0.1) is 11.3 Å². The second kappa shape index (κ2) is 5.06. The molecule has 0 saturated heterocycles. The average Bonchev–Trinajstić information content (AvgIpc) is 2.20. The summed E-state index contributed by atoms with van der Waals surface area (Å²) in [7, 11) is 0. The minimum atomic E-state index is -0.935. The van der Waals surface area contributed by atoms with Crippen molar-refractivity contribution >= 4 is 30.2 Å². The summed E-state index contributed by atoms with van der Waals surface area (Å²) in [6.45, 7) is 0. The summed E-state index contributed by atoms with van der Waals surface area (Å²) in [5, 5.41) is 17.4. The highest BCUT2D eigenvalue weighted by Gasteiger charge is 2.11. The van der Waals surface area contributed by atoms with Crippen molar-refractivity contribution in [2.45, 2.75) is 17.2 Å². The molecule has 1 aromatic rings. The maximum absolute atomic E-state index is 10.5. The van der Waals surface area contributed by atoms with Gasteiger partial charge in [-0.25, -0.2) is 0 Å². The van der Waals surface area contributed by atoms with Gasteiger partial charge >= 0.3 is 5.97 Å². The molecule has 0 atom stereocenters. The van der Waals surface area contributed by atoms with Crippen LogP contribution < -0.4 is 0 Å². The number of halogens is 1. The number of aliphatic carboxylic acids is 1. The summed E-state index contributed by atoms with van der Waals surface area (Å²) in [5.41, 5.74) is 1.59. The number of carboxylic acid groups (broad SMARTS) is 1. The fourth-order valence-corrected chi connectivity index (χ4v) is 1.95. The molecule has 0 bridgehead atoms. The minimum Gasteiger partial charge on any atom is -0.481 e. The molecule has 0 aliphatic carbocycles. The van der Waals surface area contributed by atoms with Gasteiger partial charge in [-0.3, -0.25) is 4.79 Å². The number of hydrogen-bond acceptors (Lipinski definition) is 3. The van der Waals surface area contributed by atoms with Crippen LogP contribution in [0.3, 0.4) is 0 Å². The third-order valence-corrected chi connectivity index (χ3v) is 2.79. The van der Waals surface area contributed by atoms with E-state index in [0.29, 0.717) is 21.6 Å². The van der Waals surface area contributed by atoms with Crippen LogP contribution in [0.4, 0.5) is 0 Å². The van der Waals surface area contributed by atoms with E-state index >= 15 is 0 Å². The topological polar surface area (TPSA) is 61.1 Å². The Morgan fingerprint density at radius 2 is 2.27 bits per heavy atom. The predicted octanol–water partition coefficient (Wildman–Crippen LogP) is 2.21. The van der Waals surface area contributed by atoms with Crippen LogP contribution in [0.25, 0.3) is 0 Å². The van der Waals surface area contributed by atoms with E-state index < -0.39 is 5.97 Å². The molecule has 0 radical (unpaired) electrons. The molecule has 0 amide bonds. The lowest BCUT2D eigenvalue weighted by Gasteiger charge is -2.08. The second-order valence-electron chi connectivity index (χ2n) is 2.92. The Hall–Kier alpha value is -1.18. The van der Waals surface area contributed by atoms with Gasteiger partial charge in [0.1, 0.15) is 0 Å². The van der Waals surface area contributed by atoms with Crippen LogP contribution in [0.5, 0.6) is 0 Å². The number of carboxylic acids is 1. The van der Waals surface area contributed by atoms with Crippen LogP contribution in [0.1, 0.15) is 16.7 Å². The van der Waals surface area contributed by atoms with E-state index in [9.17, 15) is 4.79 Å². The number of benzene rings is 1. The molecule has 78 valence electrons. The number of carbonyl (C=O) groups is 1. The first kappa shape index (κ1) is 11.9. The molecule has 0 aliphatic heterocycles. The van der Waals surface area contributed by atoms with E-state index in [1.807, 2.05) is 6.07 Å². The Labute approximate surface area is 97.7 Å². The van der Waals surface area contributed by atoms with Crippen LogP contribution in [-0.2, 0) is 17.1 Å². The Balaban J connectivity index is 3.24. The van der Waals surface area contributed by atoms with Crippen molar-refractivity contribution in [1.29, 1.82) is 5.26 Å². The SMILES string of the molecule is N#Cc1ccc(CC(=O)O)c(S)c1CCl. The molecule has 1 aromatic carbocycles. The average molecular weight is 242 g/mol. The minimum absolute atomic E-state index is 0.117. The molecule has 0 saturated carbocycles. The van der Waals surface area contributed by atoms with Crippen molar-refractivity contribution in [3.63, 3.8) is 0 Å². The van der Waals surface area contributed by atoms with Crippen LogP contribution in [0.15, 0.2) is 17.0 Å². The number of hydrogen-bond donors (Lipinski definition) is 2. The number of thiol groups is 1. The normalized spacial score (nSPS) is 9.67. The number of rotatable bonds is 3. The van der Waals surface area contributed by atoms with E-state index in [1.54, 1.807) is 12.1 Å². The van der Waals surface area contributed by atoms with Crippen LogP contribution in [0.2, 0.25) is 0 Å². The number of alkyl halides is 1. The van der Waals surface area contributed by atoms with Gasteiger partial charge in [0.15, 0.2) is 0 Å². The van der Waals surface area contributed by atoms with Crippen LogP contribution >= 0.6 is 24.2 Å². The summed E-state index contributed by atoms with van der Waals surface area (Å²) in [5.74, 6) is -0.787. The third-order valence-electron chi connectivity index (χ3n) is 1.96. The first-order chi connectivity index (χ1) is 7.10. The highest BCUT2D eigenvalue weighted by atomic mass is 35.5. The van der Waals surface area contributed by atoms with Crippen molar-refractivity contribution in [2.24, 2.45) is 0 Å². The Morgan fingerprint density at radius 1 is 1.60 bits per heavy atom. The van der Waals surface area contributed by atoms with Gasteiger partial charge in [0, 0.05) is 10.8 Å². The van der Waals surface area contributed by atoms with E-state index in [0.717, 1.165) is 0 Å². The molecule has 0 fully saturated rings. The van der Waals surface area contributed by atoms with Gasteiger partial charge in [-0.2, -0.15) is 5.26 Å². The highest BCUT2D eigenvalue weighted by molar-refractivity contribution is 7.80. The lowest BCUT2D eigenvalue weighted by Crippen LogP contribution is -2.03. The summed E-state index contributed by atoms with van der Waals surface area (Å²) in [6, 6.07) is 5.14. The van der Waals surface area contributed by atoms with Crippen molar-refractivity contribution in [2.75, 3.05) is 0 Å². The molecule has 3 nitrogen and oxygen atoms in total. The van der Waals surface area contributed by atoms with E-state index in [2.05, 4.69) is 12.6 Å². The summed E-state index contributed by atoms with van der Waals surface area (Å²) in [6.07, 6.45) is -0.117. The molecule has 5 heteroatoms. The lowest BCUT2D eigenvalue weighted by atomic mass is 10.0. The zero-order valence-corrected chi connectivity index (χ0v) is 9.35. The monoisotopic (exact) mass is 241 g/mol. The molecule has 15 heavy (non-hydrogen) atoms. The Kier molecular flexibility index (Phi) is 4.01. The van der Waals surface area contributed by atoms with E-state index in [4.69, 9.17) is 22.0 Å². The molecule has 0 aromatic heterocycles. The Bertz CT molecular complexity index is 440. The van der Waals surface area contributed by atoms with Crippen molar-refractivity contribution in [3.05, 3.63) is 28.8 Å². The molecule has 0 unspecified atom stereocenters. The first-order valence-corrected chi connectivity index (χ1v) is 5.10. The molecule has 1 rings (SSSR count). The standard InChI is InChI=1S/C10H8ClNO2S/c11-4-8-7(5-12)2-1-6(10(8)15)3-9(13)14/h1-2,15H,3-4H2,(H,13,14). The number of nitriles is 1. The molecular weight excluding hydrogens is 234 g/mol. The van der Waals surface area contributed by atoms with Gasteiger partial charge in [0.25, 0.3) is 0 Å². The maximum atomic E-state index is 10.5. The van der Waals surface area contributed by atoms with Crippen molar-refractivity contribution in [1.82, 2.24) is 0 Å². The fraction of sp³-hybridized carbons (Fsp3) is 0.200. The van der Waals surface area contributed by atoms with Crippen molar-refractivity contribution < 1.29 is 9.90 Å². The highest BCUT2D eigenvalue weighted by Crippen LogP contribution is 2.24. The lowest BCUT2D eigenvalue weighted by molar-refractivity contribution is -0.136. The van der Waals surface area contributed by atoms with Crippen molar-refractivity contribution in [3.8, 4) is 6.07 Å². The van der Waals surface area contributed by atoms with Gasteiger partial charge in [-0.15, -0.1) is 24.2 Å². The molecule has 1 N–H and O–H groups in total. The van der Waals surface area contributed by atoms with E-state index in [1.165, 1.54) is 0 Å². The molecule has 0 spiro atoms. The summed E-state index contributed by atoms with van der Waals surface area (Å²) in [4.78, 5) is 11.0. The smallest absolute Gasteiger partial charge is 0.307 e. The quantitative estimate of drug-likeness (QED) is 0.630. The Morgan fingerprint density at radius 3 is 2.73 bits per heavy atom. The number of nitrogens with zero attached hydrogens (tertiary/aromatic N) is 1. The zero-order valence-electron chi connectivity index (χ0n) is 7.70. The third kappa shape index (κ3) is 2.65. The largest absolute Gasteiger partial charge is 0.481 e. The van der Waals surface area contributed by atoms with Gasteiger partial charge in [-0.05, 0) is 17.2 Å².